The van der Waals surface area contributed by atoms with Crippen molar-refractivity contribution in [3.63, 3.8) is 0 Å². The molecule has 2 fully saturated rings. The molecule has 0 atom stereocenters. The van der Waals surface area contributed by atoms with E-state index < -0.39 is 0 Å². The maximum Gasteiger partial charge on any atom is 0.223 e. The number of carbonyl (C=O) groups excluding carboxylic acids is 1. The lowest BCUT2D eigenvalue weighted by Crippen LogP contribution is -2.49. The van der Waals surface area contributed by atoms with Crippen molar-refractivity contribution in [2.24, 2.45) is 11.8 Å². The van der Waals surface area contributed by atoms with E-state index in [1.807, 2.05) is 6.07 Å². The summed E-state index contributed by atoms with van der Waals surface area (Å²) in [6.45, 7) is 4.74. The number of thiazole rings is 1. The number of rotatable bonds is 4. The fourth-order valence-corrected chi connectivity index (χ4v) is 4.23. The van der Waals surface area contributed by atoms with Crippen LogP contribution in [-0.4, -0.2) is 43.6 Å². The Morgan fingerprint density at radius 1 is 1.24 bits per heavy atom. The lowest BCUT2D eigenvalue weighted by atomic mass is 9.95. The van der Waals surface area contributed by atoms with Crippen LogP contribution in [0.2, 0.25) is 0 Å². The molecule has 8 heteroatoms. The van der Waals surface area contributed by atoms with Gasteiger partial charge in [-0.1, -0.05) is 23.5 Å². The summed E-state index contributed by atoms with van der Waals surface area (Å²) in [6.07, 6.45) is 1.84. The van der Waals surface area contributed by atoms with Gasteiger partial charge in [-0.05, 0) is 25.0 Å². The standard InChI is InChI=1S/C17H22N4OS.2ClH/c22-16(19-11-12-9-18-10-12)13-5-7-21(8-6-13)17-20-14-3-1-2-4-15(14)23-17;;/h1-4,12-13,18H,5-11H2,(H,19,22);2*1H. The highest BCUT2D eigenvalue weighted by molar-refractivity contribution is 7.22. The average molecular weight is 403 g/mol. The van der Waals surface area contributed by atoms with E-state index in [4.69, 9.17) is 4.98 Å². The van der Waals surface area contributed by atoms with E-state index in [1.54, 1.807) is 11.3 Å². The van der Waals surface area contributed by atoms with Gasteiger partial charge in [0.2, 0.25) is 5.91 Å². The zero-order chi connectivity index (χ0) is 15.6. The number of para-hydroxylation sites is 1. The molecule has 4 rings (SSSR count). The van der Waals surface area contributed by atoms with Crippen LogP contribution in [0.3, 0.4) is 0 Å². The number of fused-ring (bicyclic) bond motifs is 1. The summed E-state index contributed by atoms with van der Waals surface area (Å²) in [7, 11) is 0. The molecule has 0 bridgehead atoms. The zero-order valence-corrected chi connectivity index (χ0v) is 16.4. The van der Waals surface area contributed by atoms with E-state index in [-0.39, 0.29) is 36.6 Å². The number of hydrogen-bond donors (Lipinski definition) is 2. The quantitative estimate of drug-likeness (QED) is 0.824. The molecule has 0 saturated carbocycles. The number of hydrogen-bond acceptors (Lipinski definition) is 5. The third kappa shape index (κ3) is 4.56. The van der Waals surface area contributed by atoms with Gasteiger partial charge in [0.1, 0.15) is 0 Å². The Balaban J connectivity index is 0.00000113. The predicted molar refractivity (Wildman–Crippen MR) is 108 cm³/mol. The van der Waals surface area contributed by atoms with E-state index in [2.05, 4.69) is 33.7 Å². The molecule has 2 aliphatic rings. The summed E-state index contributed by atoms with van der Waals surface area (Å²) in [5.41, 5.74) is 1.07. The summed E-state index contributed by atoms with van der Waals surface area (Å²) < 4.78 is 1.23. The minimum Gasteiger partial charge on any atom is -0.355 e. The van der Waals surface area contributed by atoms with Crippen LogP contribution in [0.5, 0.6) is 0 Å². The molecule has 0 aliphatic carbocycles. The first-order chi connectivity index (χ1) is 11.3. The fourth-order valence-electron chi connectivity index (χ4n) is 3.21. The number of carbonyl (C=O) groups is 1. The minimum atomic E-state index is 0. The molecule has 0 spiro atoms. The van der Waals surface area contributed by atoms with Crippen molar-refractivity contribution in [3.05, 3.63) is 24.3 Å². The SMILES string of the molecule is Cl.Cl.O=C(NCC1CNC1)C1CCN(c2nc3ccccc3s2)CC1. The number of benzene rings is 1. The van der Waals surface area contributed by atoms with Gasteiger partial charge in [0.25, 0.3) is 0 Å². The Hall–Kier alpha value is -1.08. The summed E-state index contributed by atoms with van der Waals surface area (Å²) in [5, 5.41) is 7.44. The molecule has 0 unspecified atom stereocenters. The Morgan fingerprint density at radius 2 is 1.96 bits per heavy atom. The van der Waals surface area contributed by atoms with E-state index in [1.165, 1.54) is 4.70 Å². The second kappa shape index (κ2) is 9.03. The number of amides is 1. The number of halogens is 2. The monoisotopic (exact) mass is 402 g/mol. The smallest absolute Gasteiger partial charge is 0.223 e. The van der Waals surface area contributed by atoms with Crippen molar-refractivity contribution in [1.29, 1.82) is 0 Å². The Kier molecular flexibility index (Phi) is 7.31. The maximum atomic E-state index is 12.3. The van der Waals surface area contributed by atoms with Gasteiger partial charge < -0.3 is 15.5 Å². The first kappa shape index (κ1) is 20.2. The minimum absolute atomic E-state index is 0. The van der Waals surface area contributed by atoms with Crippen molar-refractivity contribution in [2.75, 3.05) is 37.6 Å². The van der Waals surface area contributed by atoms with Gasteiger partial charge in [0.05, 0.1) is 10.2 Å². The van der Waals surface area contributed by atoms with E-state index in [0.29, 0.717) is 5.92 Å². The molecule has 3 heterocycles. The first-order valence-electron chi connectivity index (χ1n) is 8.38. The molecule has 1 aromatic carbocycles. The van der Waals surface area contributed by atoms with Crippen molar-refractivity contribution < 1.29 is 4.79 Å². The molecule has 2 aromatic rings. The zero-order valence-electron chi connectivity index (χ0n) is 13.9. The number of nitrogens with one attached hydrogen (secondary N) is 2. The van der Waals surface area contributed by atoms with Crippen molar-refractivity contribution in [2.45, 2.75) is 12.8 Å². The molecule has 1 aromatic heterocycles. The summed E-state index contributed by atoms with van der Waals surface area (Å²) >= 11 is 1.75. The van der Waals surface area contributed by atoms with Crippen LogP contribution in [-0.2, 0) is 4.79 Å². The number of piperidine rings is 1. The normalized spacial score (nSPS) is 18.2. The van der Waals surface area contributed by atoms with E-state index in [9.17, 15) is 4.79 Å². The molecular weight excluding hydrogens is 379 g/mol. The molecular formula is C17H24Cl2N4OS. The van der Waals surface area contributed by atoms with Gasteiger partial charge in [-0.2, -0.15) is 0 Å². The number of aromatic nitrogens is 1. The van der Waals surface area contributed by atoms with Crippen molar-refractivity contribution >= 4 is 57.4 Å². The van der Waals surface area contributed by atoms with Crippen molar-refractivity contribution in [3.8, 4) is 0 Å². The first-order valence-corrected chi connectivity index (χ1v) is 9.20. The van der Waals surface area contributed by atoms with Crippen LogP contribution < -0.4 is 15.5 Å². The summed E-state index contributed by atoms with van der Waals surface area (Å²) in [4.78, 5) is 19.3. The van der Waals surface area contributed by atoms with Crippen LogP contribution in [0.1, 0.15) is 12.8 Å². The van der Waals surface area contributed by atoms with Crippen LogP contribution >= 0.6 is 36.2 Å². The maximum absolute atomic E-state index is 12.3. The number of anilines is 1. The van der Waals surface area contributed by atoms with Crippen LogP contribution in [0.4, 0.5) is 5.13 Å². The predicted octanol–water partition coefficient (Wildman–Crippen LogP) is 2.69. The summed E-state index contributed by atoms with van der Waals surface area (Å²) in [5.74, 6) is 1.02. The lowest BCUT2D eigenvalue weighted by Gasteiger charge is -2.32. The largest absolute Gasteiger partial charge is 0.355 e. The van der Waals surface area contributed by atoms with Gasteiger partial charge in [-0.15, -0.1) is 24.8 Å². The van der Waals surface area contributed by atoms with E-state index >= 15 is 0 Å². The van der Waals surface area contributed by atoms with Crippen LogP contribution in [0.25, 0.3) is 10.2 Å². The van der Waals surface area contributed by atoms with Gasteiger partial charge in [0.15, 0.2) is 5.13 Å². The second-order valence-electron chi connectivity index (χ2n) is 6.49. The summed E-state index contributed by atoms with van der Waals surface area (Å²) in [6, 6.07) is 8.26. The van der Waals surface area contributed by atoms with Gasteiger partial charge >= 0.3 is 0 Å². The molecule has 25 heavy (non-hydrogen) atoms. The lowest BCUT2D eigenvalue weighted by molar-refractivity contribution is -0.125. The molecule has 2 aliphatic heterocycles. The van der Waals surface area contributed by atoms with Crippen molar-refractivity contribution in [1.82, 2.24) is 15.6 Å². The van der Waals surface area contributed by atoms with Gasteiger partial charge in [-0.25, -0.2) is 4.98 Å². The Bertz CT molecular complexity index is 666. The van der Waals surface area contributed by atoms with Gasteiger partial charge in [0, 0.05) is 44.6 Å². The third-order valence-electron chi connectivity index (χ3n) is 4.85. The third-order valence-corrected chi connectivity index (χ3v) is 5.95. The highest BCUT2D eigenvalue weighted by Crippen LogP contribution is 2.31. The Morgan fingerprint density at radius 3 is 2.60 bits per heavy atom. The second-order valence-corrected chi connectivity index (χ2v) is 7.50. The van der Waals surface area contributed by atoms with E-state index in [0.717, 1.165) is 56.2 Å². The Labute approximate surface area is 164 Å². The molecule has 138 valence electrons. The van der Waals surface area contributed by atoms with Crippen LogP contribution in [0, 0.1) is 11.8 Å². The highest BCUT2D eigenvalue weighted by atomic mass is 35.5. The highest BCUT2D eigenvalue weighted by Gasteiger charge is 2.27. The molecule has 1 amide bonds. The molecule has 2 N–H and O–H groups in total. The number of nitrogens with zero attached hydrogens (tertiary/aromatic N) is 2. The molecule has 2 saturated heterocycles. The molecule has 5 nitrogen and oxygen atoms in total. The topological polar surface area (TPSA) is 57.3 Å². The fraction of sp³-hybridized carbons (Fsp3) is 0.529. The van der Waals surface area contributed by atoms with Gasteiger partial charge in [-0.3, -0.25) is 4.79 Å². The van der Waals surface area contributed by atoms with Crippen LogP contribution in [0.15, 0.2) is 24.3 Å². The average Bonchev–Trinajstić information content (AvgIpc) is 2.97. The molecule has 0 radical (unpaired) electrons.